The second-order valence-corrected chi connectivity index (χ2v) is 9.17. The van der Waals surface area contributed by atoms with E-state index in [2.05, 4.69) is 4.98 Å². The van der Waals surface area contributed by atoms with Crippen molar-refractivity contribution in [2.75, 3.05) is 31.7 Å². The van der Waals surface area contributed by atoms with Gasteiger partial charge < -0.3 is 18.8 Å². The number of aryl methyl sites for hydroxylation is 1. The fourth-order valence-electron chi connectivity index (χ4n) is 4.99. The van der Waals surface area contributed by atoms with Crippen LogP contribution in [0.15, 0.2) is 41.9 Å². The summed E-state index contributed by atoms with van der Waals surface area (Å²) in [4.78, 5) is 42.0. The number of imidazole rings is 1. The molecule has 4 heterocycles. The van der Waals surface area contributed by atoms with Crippen molar-refractivity contribution in [3.63, 3.8) is 0 Å². The fourth-order valence-corrected chi connectivity index (χ4v) is 4.99. The predicted octanol–water partition coefficient (Wildman–Crippen LogP) is 3.63. The van der Waals surface area contributed by atoms with Crippen LogP contribution in [-0.4, -0.2) is 65.2 Å². The molecule has 1 aromatic carbocycles. The van der Waals surface area contributed by atoms with Crippen LogP contribution in [0, 0.1) is 18.6 Å². The number of aromatic nitrogens is 2. The Morgan fingerprint density at radius 3 is 2.47 bits per heavy atom. The zero-order valence-electron chi connectivity index (χ0n) is 20.8. The molecule has 0 aliphatic carbocycles. The van der Waals surface area contributed by atoms with E-state index in [-0.39, 0.29) is 60.8 Å². The lowest BCUT2D eigenvalue weighted by molar-refractivity contribution is -0.0241. The van der Waals surface area contributed by atoms with Gasteiger partial charge >= 0.3 is 6.09 Å². The summed E-state index contributed by atoms with van der Waals surface area (Å²) in [7, 11) is 1.30. The first-order valence-electron chi connectivity index (χ1n) is 12.0. The molecule has 2 saturated heterocycles. The Balaban J connectivity index is 1.59. The molecule has 196 valence electrons. The van der Waals surface area contributed by atoms with Gasteiger partial charge in [0.25, 0.3) is 0 Å². The van der Waals surface area contributed by atoms with Crippen LogP contribution in [0.4, 0.5) is 19.3 Å². The molecular formula is C27H24F2N4O5. The van der Waals surface area contributed by atoms with E-state index in [9.17, 15) is 14.4 Å². The minimum Gasteiger partial charge on any atom is -0.453 e. The zero-order chi connectivity index (χ0) is 27.0. The number of methoxy groups -OCH3 is 1. The highest BCUT2D eigenvalue weighted by Crippen LogP contribution is 2.38. The van der Waals surface area contributed by atoms with Crippen molar-refractivity contribution in [1.82, 2.24) is 14.3 Å². The van der Waals surface area contributed by atoms with Gasteiger partial charge in [-0.15, -0.1) is 0 Å². The lowest BCUT2D eigenvalue weighted by Crippen LogP contribution is -2.46. The lowest BCUT2D eigenvalue weighted by Gasteiger charge is -2.32. The molecule has 1 atom stereocenters. The highest BCUT2D eigenvalue weighted by molar-refractivity contribution is 5.78. The van der Waals surface area contributed by atoms with Crippen molar-refractivity contribution in [2.24, 2.45) is 0 Å². The van der Waals surface area contributed by atoms with Gasteiger partial charge in [0.05, 0.1) is 49.0 Å². The molecule has 38 heavy (non-hydrogen) atoms. The van der Waals surface area contributed by atoms with Gasteiger partial charge in [0.2, 0.25) is 0 Å². The normalized spacial score (nSPS) is 17.6. The summed E-state index contributed by atoms with van der Waals surface area (Å²) in [5.74, 6) is 1.65. The second kappa shape index (κ2) is 10.2. The molecule has 9 nitrogen and oxygen atoms in total. The van der Waals surface area contributed by atoms with Gasteiger partial charge in [0.1, 0.15) is 40.6 Å². The number of fused-ring (bicyclic) bond motifs is 1. The van der Waals surface area contributed by atoms with E-state index in [1.165, 1.54) is 16.9 Å². The first-order chi connectivity index (χ1) is 18.3. The molecule has 0 saturated carbocycles. The summed E-state index contributed by atoms with van der Waals surface area (Å²) in [5.41, 5.74) is 1.85. The van der Waals surface area contributed by atoms with Gasteiger partial charge in [-0.25, -0.2) is 28.1 Å². The number of hydrogen-bond acceptors (Lipinski definition) is 7. The van der Waals surface area contributed by atoms with Crippen LogP contribution >= 0.6 is 0 Å². The Kier molecular flexibility index (Phi) is 6.82. The largest absolute Gasteiger partial charge is 0.453 e. The molecule has 2 aromatic heterocycles. The number of hydrogen-bond donors (Lipinski definition) is 0. The van der Waals surface area contributed by atoms with Gasteiger partial charge in [-0.05, 0) is 36.8 Å². The molecular weight excluding hydrogens is 498 g/mol. The fraction of sp³-hybridized carbons (Fsp3) is 0.333. The molecule has 2 aliphatic heterocycles. The molecule has 0 radical (unpaired) electrons. The number of morpholine rings is 1. The minimum atomic E-state index is -0.912. The number of amides is 1. The minimum absolute atomic E-state index is 0.0107. The van der Waals surface area contributed by atoms with Gasteiger partial charge in [-0.2, -0.15) is 0 Å². The number of ether oxygens (including phenoxy) is 2. The van der Waals surface area contributed by atoms with Crippen LogP contribution in [0.25, 0.3) is 16.9 Å². The van der Waals surface area contributed by atoms with Crippen LogP contribution in [0.1, 0.15) is 24.1 Å². The highest BCUT2D eigenvalue weighted by Gasteiger charge is 2.31. The van der Waals surface area contributed by atoms with Crippen molar-refractivity contribution in [3.8, 4) is 11.3 Å². The number of allylic oxidation sites excluding steroid dienone is 2. The topological polar surface area (TPSA) is 93.5 Å². The van der Waals surface area contributed by atoms with E-state index >= 15 is 8.78 Å². The number of halogens is 2. The summed E-state index contributed by atoms with van der Waals surface area (Å²) in [6.07, 6.45) is 1.50. The third kappa shape index (κ3) is 4.48. The van der Waals surface area contributed by atoms with Crippen LogP contribution in [0.2, 0.25) is 0 Å². The number of nitrogens with zero attached hydrogens (tertiary/aromatic N) is 4. The Morgan fingerprint density at radius 1 is 1.16 bits per heavy atom. The zero-order valence-corrected chi connectivity index (χ0v) is 20.8. The SMILES string of the molecule is COC(=O)N1CCO[C@@H](Cc2c(-c3c(F)cc(N4C(=C=O)CCC4=C=O)cc3F)nc3cc(C)ccn23)C1. The number of carbonyl (C=O) groups is 1. The van der Waals surface area contributed by atoms with Gasteiger partial charge in [-0.1, -0.05) is 0 Å². The number of pyridine rings is 1. The maximum atomic E-state index is 15.7. The summed E-state index contributed by atoms with van der Waals surface area (Å²) >= 11 is 0. The smallest absolute Gasteiger partial charge is 0.409 e. The van der Waals surface area contributed by atoms with E-state index in [1.54, 1.807) is 28.5 Å². The molecule has 2 aliphatic rings. The van der Waals surface area contributed by atoms with Crippen molar-refractivity contribution < 1.29 is 32.6 Å². The first-order valence-corrected chi connectivity index (χ1v) is 12.0. The number of carbonyl (C=O) groups excluding carboxylic acids is 3. The maximum Gasteiger partial charge on any atom is 0.409 e. The molecule has 2 fully saturated rings. The summed E-state index contributed by atoms with van der Waals surface area (Å²) in [6, 6.07) is 5.78. The summed E-state index contributed by atoms with van der Waals surface area (Å²) in [6.45, 7) is 2.79. The van der Waals surface area contributed by atoms with Crippen molar-refractivity contribution in [1.29, 1.82) is 0 Å². The van der Waals surface area contributed by atoms with E-state index in [4.69, 9.17) is 9.47 Å². The molecule has 0 unspecified atom stereocenters. The van der Waals surface area contributed by atoms with Crippen molar-refractivity contribution >= 4 is 29.3 Å². The monoisotopic (exact) mass is 522 g/mol. The van der Waals surface area contributed by atoms with Gasteiger partial charge in [0.15, 0.2) is 0 Å². The lowest BCUT2D eigenvalue weighted by atomic mass is 10.0. The Hall–Kier alpha value is -4.30. The van der Waals surface area contributed by atoms with Gasteiger partial charge in [-0.3, -0.25) is 4.90 Å². The standard InChI is InChI=1S/C27H24F2N4O5/c1-16-5-6-32-23(12-20-13-31(7-8-38-20)27(36)37-2)26(30-24(32)9-16)25-21(28)10-19(11-22(25)29)33-17(14-34)3-4-18(33)15-35/h5-6,9-11,20H,3-4,7-8,12-13H2,1-2H3/t20-/m0/s1. The van der Waals surface area contributed by atoms with E-state index in [0.29, 0.717) is 17.9 Å². The third-order valence-corrected chi connectivity index (χ3v) is 6.77. The molecule has 0 bridgehead atoms. The maximum absolute atomic E-state index is 15.7. The average molecular weight is 523 g/mol. The van der Waals surface area contributed by atoms with Crippen LogP contribution in [0.5, 0.6) is 0 Å². The molecule has 5 rings (SSSR count). The average Bonchev–Trinajstić information content (AvgIpc) is 3.48. The molecule has 3 aromatic rings. The molecule has 1 amide bonds. The van der Waals surface area contributed by atoms with Gasteiger partial charge in [0, 0.05) is 32.0 Å². The Labute approximate surface area is 216 Å². The van der Waals surface area contributed by atoms with Crippen LogP contribution in [-0.2, 0) is 25.5 Å². The summed E-state index contributed by atoms with van der Waals surface area (Å²) < 4.78 is 43.8. The number of anilines is 1. The molecule has 0 spiro atoms. The first kappa shape index (κ1) is 25.4. The van der Waals surface area contributed by atoms with Crippen LogP contribution in [0.3, 0.4) is 0 Å². The number of benzene rings is 1. The Morgan fingerprint density at radius 2 is 1.84 bits per heavy atom. The van der Waals surface area contributed by atoms with E-state index in [0.717, 1.165) is 17.7 Å². The molecule has 11 heteroatoms. The Bertz CT molecular complexity index is 1490. The highest BCUT2D eigenvalue weighted by atomic mass is 19.1. The van der Waals surface area contributed by atoms with E-state index < -0.39 is 23.8 Å². The van der Waals surface area contributed by atoms with Crippen LogP contribution < -0.4 is 4.90 Å². The summed E-state index contributed by atoms with van der Waals surface area (Å²) in [5, 5.41) is 0. The number of rotatable bonds is 4. The van der Waals surface area contributed by atoms with Crippen molar-refractivity contribution in [3.05, 3.63) is 64.7 Å². The molecule has 0 N–H and O–H groups in total. The quantitative estimate of drug-likeness (QED) is 0.483. The second-order valence-electron chi connectivity index (χ2n) is 9.17. The predicted molar refractivity (Wildman–Crippen MR) is 133 cm³/mol. The van der Waals surface area contributed by atoms with Crippen molar-refractivity contribution in [2.45, 2.75) is 32.3 Å². The third-order valence-electron chi connectivity index (χ3n) is 6.77. The van der Waals surface area contributed by atoms with E-state index in [1.807, 2.05) is 13.0 Å².